The molecule has 1 unspecified atom stereocenters. The van der Waals surface area contributed by atoms with E-state index in [1.807, 2.05) is 0 Å². The molecule has 0 saturated heterocycles. The number of benzene rings is 1. The molecule has 0 saturated carbocycles. The van der Waals surface area contributed by atoms with E-state index < -0.39 is 10.1 Å². The molecule has 1 radical (unpaired) electrons. The molecular formula is C17H28NaO3S. The monoisotopic (exact) mass is 335 g/mol. The Morgan fingerprint density at radius 1 is 0.955 bits per heavy atom. The Hall–Kier alpha value is 0.130. The zero-order chi connectivity index (χ0) is 15.7. The Morgan fingerprint density at radius 2 is 1.45 bits per heavy atom. The quantitative estimate of drug-likeness (QED) is 0.380. The summed E-state index contributed by atoms with van der Waals surface area (Å²) in [7, 11) is -4.08. The third-order valence-electron chi connectivity index (χ3n) is 3.99. The molecule has 1 rings (SSSR count). The van der Waals surface area contributed by atoms with Crippen molar-refractivity contribution in [3.8, 4) is 0 Å². The summed E-state index contributed by atoms with van der Waals surface area (Å²) in [6.07, 6.45) is 10.2. The van der Waals surface area contributed by atoms with Gasteiger partial charge >= 0.3 is 0 Å². The van der Waals surface area contributed by atoms with Crippen molar-refractivity contribution in [2.24, 2.45) is 0 Å². The van der Waals surface area contributed by atoms with Crippen molar-refractivity contribution in [3.05, 3.63) is 29.8 Å². The van der Waals surface area contributed by atoms with Gasteiger partial charge in [0.25, 0.3) is 10.1 Å². The first-order valence-electron chi connectivity index (χ1n) is 8.02. The Kier molecular flexibility index (Phi) is 11.7. The van der Waals surface area contributed by atoms with E-state index in [9.17, 15) is 8.42 Å². The summed E-state index contributed by atoms with van der Waals surface area (Å²) < 4.78 is 30.9. The molecule has 5 heteroatoms. The molecule has 121 valence electrons. The molecule has 0 aromatic heterocycles. The van der Waals surface area contributed by atoms with Crippen molar-refractivity contribution in [1.29, 1.82) is 0 Å². The van der Waals surface area contributed by atoms with E-state index in [4.69, 9.17) is 4.55 Å². The molecule has 0 heterocycles. The molecular weight excluding hydrogens is 307 g/mol. The van der Waals surface area contributed by atoms with Gasteiger partial charge in [0.15, 0.2) is 0 Å². The topological polar surface area (TPSA) is 54.4 Å². The van der Waals surface area contributed by atoms with Crippen LogP contribution in [0.2, 0.25) is 0 Å². The van der Waals surface area contributed by atoms with E-state index in [1.165, 1.54) is 57.1 Å². The minimum absolute atomic E-state index is 0. The number of unbranched alkanes of at least 4 members (excludes halogenated alkanes) is 6. The molecule has 1 atom stereocenters. The molecule has 0 fully saturated rings. The maximum atomic E-state index is 11.0. The Labute approximate surface area is 157 Å². The second-order valence-corrected chi connectivity index (χ2v) is 7.28. The van der Waals surface area contributed by atoms with Gasteiger partial charge in [-0.3, -0.25) is 4.55 Å². The van der Waals surface area contributed by atoms with Crippen LogP contribution in [0.1, 0.15) is 76.7 Å². The zero-order valence-electron chi connectivity index (χ0n) is 14.2. The molecule has 0 aliphatic carbocycles. The molecule has 3 nitrogen and oxygen atoms in total. The van der Waals surface area contributed by atoms with Gasteiger partial charge in [0.05, 0.1) is 4.90 Å². The van der Waals surface area contributed by atoms with Crippen LogP contribution in [0.4, 0.5) is 0 Å². The number of rotatable bonds is 10. The van der Waals surface area contributed by atoms with Crippen LogP contribution >= 0.6 is 0 Å². The van der Waals surface area contributed by atoms with Gasteiger partial charge in [-0.25, -0.2) is 0 Å². The molecule has 0 amide bonds. The average molecular weight is 335 g/mol. The summed E-state index contributed by atoms with van der Waals surface area (Å²) in [5.41, 5.74) is 1.13. The van der Waals surface area contributed by atoms with E-state index >= 15 is 0 Å². The molecule has 1 aromatic carbocycles. The van der Waals surface area contributed by atoms with Crippen molar-refractivity contribution in [2.75, 3.05) is 0 Å². The number of hydrogen-bond donors (Lipinski definition) is 1. The maximum absolute atomic E-state index is 11.0. The normalized spacial score (nSPS) is 12.7. The zero-order valence-corrected chi connectivity index (χ0v) is 17.0. The molecule has 1 N–H and O–H groups in total. The minimum Gasteiger partial charge on any atom is -0.282 e. The van der Waals surface area contributed by atoms with Gasteiger partial charge in [-0.05, 0) is 30.0 Å². The van der Waals surface area contributed by atoms with Crippen molar-refractivity contribution >= 4 is 39.7 Å². The van der Waals surface area contributed by atoms with Crippen LogP contribution in [0.3, 0.4) is 0 Å². The van der Waals surface area contributed by atoms with Crippen molar-refractivity contribution in [2.45, 2.75) is 76.0 Å². The maximum Gasteiger partial charge on any atom is 0.294 e. The smallest absolute Gasteiger partial charge is 0.282 e. The second-order valence-electron chi connectivity index (χ2n) is 5.86. The predicted molar refractivity (Wildman–Crippen MR) is 93.0 cm³/mol. The van der Waals surface area contributed by atoms with E-state index in [1.54, 1.807) is 12.1 Å². The van der Waals surface area contributed by atoms with Gasteiger partial charge in [0.1, 0.15) is 0 Å². The SMILES string of the molecule is CCCCCCCCCC(C)c1ccc(S(=O)(=O)O)cc1.[Na]. The Balaban J connectivity index is 0.00000441. The van der Waals surface area contributed by atoms with Gasteiger partial charge in [-0.15, -0.1) is 0 Å². The van der Waals surface area contributed by atoms with Crippen LogP contribution < -0.4 is 0 Å². The molecule has 22 heavy (non-hydrogen) atoms. The summed E-state index contributed by atoms with van der Waals surface area (Å²) in [4.78, 5) is -0.0330. The first-order valence-corrected chi connectivity index (χ1v) is 9.46. The first kappa shape index (κ1) is 22.1. The predicted octanol–water partition coefficient (Wildman–Crippen LogP) is 4.80. The molecule has 0 aliphatic heterocycles. The number of hydrogen-bond acceptors (Lipinski definition) is 2. The summed E-state index contributed by atoms with van der Waals surface area (Å²) >= 11 is 0. The van der Waals surface area contributed by atoms with Gasteiger partial charge < -0.3 is 0 Å². The van der Waals surface area contributed by atoms with Crippen LogP contribution in [-0.2, 0) is 10.1 Å². The van der Waals surface area contributed by atoms with Crippen LogP contribution in [0.5, 0.6) is 0 Å². The molecule has 0 spiro atoms. The van der Waals surface area contributed by atoms with E-state index in [-0.39, 0.29) is 34.5 Å². The van der Waals surface area contributed by atoms with Gasteiger partial charge in [-0.1, -0.05) is 70.9 Å². The fourth-order valence-corrected chi connectivity index (χ4v) is 3.02. The van der Waals surface area contributed by atoms with Crippen LogP contribution in [0.15, 0.2) is 29.2 Å². The summed E-state index contributed by atoms with van der Waals surface area (Å²) in [6, 6.07) is 6.56. The molecule has 0 aliphatic rings. The van der Waals surface area contributed by atoms with E-state index in [0.717, 1.165) is 12.0 Å². The van der Waals surface area contributed by atoms with Crippen LogP contribution in [0, 0.1) is 0 Å². The first-order chi connectivity index (χ1) is 9.95. The Bertz CT molecular complexity index is 497. The van der Waals surface area contributed by atoms with Crippen LogP contribution in [-0.4, -0.2) is 42.5 Å². The van der Waals surface area contributed by atoms with Crippen molar-refractivity contribution < 1.29 is 13.0 Å². The van der Waals surface area contributed by atoms with Crippen molar-refractivity contribution in [3.63, 3.8) is 0 Å². The van der Waals surface area contributed by atoms with E-state index in [0.29, 0.717) is 5.92 Å². The average Bonchev–Trinajstić information content (AvgIpc) is 2.45. The van der Waals surface area contributed by atoms with Gasteiger partial charge in [0.2, 0.25) is 0 Å². The van der Waals surface area contributed by atoms with Gasteiger partial charge in [-0.2, -0.15) is 8.42 Å². The molecule has 1 aromatic rings. The largest absolute Gasteiger partial charge is 0.294 e. The molecule has 0 bridgehead atoms. The summed E-state index contributed by atoms with van der Waals surface area (Å²) in [6.45, 7) is 4.40. The minimum atomic E-state index is -4.08. The second kappa shape index (κ2) is 11.6. The van der Waals surface area contributed by atoms with Crippen LogP contribution in [0.25, 0.3) is 0 Å². The fraction of sp³-hybridized carbons (Fsp3) is 0.647. The summed E-state index contributed by atoms with van der Waals surface area (Å²) in [5.74, 6) is 0.427. The Morgan fingerprint density at radius 3 is 1.95 bits per heavy atom. The van der Waals surface area contributed by atoms with Crippen molar-refractivity contribution in [1.82, 2.24) is 0 Å². The standard InChI is InChI=1S/C17H28O3S.Na/c1-3-4-5-6-7-8-9-10-15(2)16-11-13-17(14-12-16)21(18,19)20;/h11-15H,3-10H2,1-2H3,(H,18,19,20);. The fourth-order valence-electron chi connectivity index (χ4n) is 2.54. The third-order valence-corrected chi connectivity index (χ3v) is 4.86. The third kappa shape index (κ3) is 8.68. The van der Waals surface area contributed by atoms with E-state index in [2.05, 4.69) is 13.8 Å². The summed E-state index contributed by atoms with van der Waals surface area (Å²) in [5, 5.41) is 0. The van der Waals surface area contributed by atoms with Gasteiger partial charge in [0, 0.05) is 29.6 Å².